The second kappa shape index (κ2) is 11.2. The quantitative estimate of drug-likeness (QED) is 0.632. The smallest absolute Gasteiger partial charge is 0.220 e. The third-order valence-electron chi connectivity index (χ3n) is 4.06. The lowest BCUT2D eigenvalue weighted by Crippen LogP contribution is -2.26. The predicted octanol–water partition coefficient (Wildman–Crippen LogP) is 1.50. The Morgan fingerprint density at radius 1 is 1.38 bits per heavy atom. The molecule has 6 heteroatoms. The largest absolute Gasteiger partial charge is 0.379 e. The van der Waals surface area contributed by atoms with Crippen molar-refractivity contribution in [3.05, 3.63) is 0 Å². The van der Waals surface area contributed by atoms with Gasteiger partial charge < -0.3 is 20.1 Å². The van der Waals surface area contributed by atoms with Gasteiger partial charge in [-0.3, -0.25) is 4.79 Å². The van der Waals surface area contributed by atoms with Crippen LogP contribution < -0.4 is 10.6 Å². The topological polar surface area (TPSA) is 59.6 Å². The van der Waals surface area contributed by atoms with Crippen LogP contribution in [0.25, 0.3) is 0 Å². The van der Waals surface area contributed by atoms with E-state index in [1.54, 1.807) is 0 Å². The van der Waals surface area contributed by atoms with Gasteiger partial charge in [0.1, 0.15) is 0 Å². The van der Waals surface area contributed by atoms with Crippen molar-refractivity contribution in [2.75, 3.05) is 39.5 Å². The van der Waals surface area contributed by atoms with Crippen molar-refractivity contribution < 1.29 is 14.3 Å². The molecule has 0 aromatic heterocycles. The van der Waals surface area contributed by atoms with Gasteiger partial charge in [-0.1, -0.05) is 0 Å². The molecule has 21 heavy (non-hydrogen) atoms. The Balaban J connectivity index is 0.00000220. The van der Waals surface area contributed by atoms with Gasteiger partial charge in [0, 0.05) is 26.2 Å². The molecule has 0 saturated carbocycles. The molecule has 2 aliphatic rings. The minimum absolute atomic E-state index is 0. The van der Waals surface area contributed by atoms with Gasteiger partial charge in [0.05, 0.1) is 12.7 Å². The molecule has 124 valence electrons. The number of carbonyl (C=O) groups excluding carboxylic acids is 1. The van der Waals surface area contributed by atoms with Crippen LogP contribution >= 0.6 is 12.4 Å². The Kier molecular flexibility index (Phi) is 10.0. The summed E-state index contributed by atoms with van der Waals surface area (Å²) in [7, 11) is 0. The van der Waals surface area contributed by atoms with Crippen LogP contribution in [0.15, 0.2) is 0 Å². The number of hydrogen-bond acceptors (Lipinski definition) is 4. The first-order chi connectivity index (χ1) is 9.84. The molecule has 0 aliphatic carbocycles. The lowest BCUT2D eigenvalue weighted by molar-refractivity contribution is -0.121. The molecule has 0 aromatic rings. The van der Waals surface area contributed by atoms with Crippen molar-refractivity contribution in [3.8, 4) is 0 Å². The van der Waals surface area contributed by atoms with E-state index in [1.165, 1.54) is 6.42 Å². The van der Waals surface area contributed by atoms with E-state index in [4.69, 9.17) is 9.47 Å². The second-order valence-electron chi connectivity index (χ2n) is 5.81. The van der Waals surface area contributed by atoms with Crippen LogP contribution in [0.5, 0.6) is 0 Å². The van der Waals surface area contributed by atoms with E-state index in [1.807, 2.05) is 0 Å². The maximum atomic E-state index is 11.6. The molecule has 1 amide bonds. The van der Waals surface area contributed by atoms with Crippen LogP contribution in [-0.2, 0) is 14.3 Å². The zero-order valence-corrected chi connectivity index (χ0v) is 13.6. The number of rotatable bonds is 9. The normalized spacial score (nSPS) is 24.8. The zero-order valence-electron chi connectivity index (χ0n) is 12.8. The van der Waals surface area contributed by atoms with E-state index in [0.29, 0.717) is 38.2 Å². The zero-order chi connectivity index (χ0) is 14.0. The standard InChI is InChI=1S/C15H28N2O3.ClH/c18-15(5-4-13-6-8-16-11-13)17-7-2-9-19-12-14-3-1-10-20-14;/h13-14,16H,1-12H2,(H,17,18);1H. The number of amides is 1. The third kappa shape index (κ3) is 8.00. The molecule has 2 rings (SSSR count). The van der Waals surface area contributed by atoms with Crippen molar-refractivity contribution in [1.29, 1.82) is 0 Å². The Labute approximate surface area is 133 Å². The van der Waals surface area contributed by atoms with E-state index in [0.717, 1.165) is 45.4 Å². The van der Waals surface area contributed by atoms with Crippen LogP contribution in [0.4, 0.5) is 0 Å². The molecule has 0 aromatic carbocycles. The summed E-state index contributed by atoms with van der Waals surface area (Å²) in [6.07, 6.45) is 6.32. The van der Waals surface area contributed by atoms with Crippen molar-refractivity contribution in [1.82, 2.24) is 10.6 Å². The summed E-state index contributed by atoms with van der Waals surface area (Å²) in [5, 5.41) is 6.29. The second-order valence-corrected chi connectivity index (χ2v) is 5.81. The molecule has 0 bridgehead atoms. The number of halogens is 1. The third-order valence-corrected chi connectivity index (χ3v) is 4.06. The van der Waals surface area contributed by atoms with E-state index in [2.05, 4.69) is 10.6 Å². The van der Waals surface area contributed by atoms with Crippen molar-refractivity contribution in [3.63, 3.8) is 0 Å². The number of nitrogens with one attached hydrogen (secondary N) is 2. The average Bonchev–Trinajstić information content (AvgIpc) is 3.13. The summed E-state index contributed by atoms with van der Waals surface area (Å²) in [6, 6.07) is 0. The monoisotopic (exact) mass is 320 g/mol. The highest BCUT2D eigenvalue weighted by atomic mass is 35.5. The summed E-state index contributed by atoms with van der Waals surface area (Å²) in [5.41, 5.74) is 0. The first-order valence-corrected chi connectivity index (χ1v) is 8.01. The van der Waals surface area contributed by atoms with Gasteiger partial charge in [-0.2, -0.15) is 0 Å². The van der Waals surface area contributed by atoms with Crippen LogP contribution in [-0.4, -0.2) is 51.5 Å². The van der Waals surface area contributed by atoms with E-state index < -0.39 is 0 Å². The summed E-state index contributed by atoms with van der Waals surface area (Å²) in [5.74, 6) is 0.867. The molecular formula is C15H29ClN2O3. The van der Waals surface area contributed by atoms with Crippen LogP contribution in [0, 0.1) is 5.92 Å². The summed E-state index contributed by atoms with van der Waals surface area (Å²) in [6.45, 7) is 5.17. The molecule has 0 radical (unpaired) electrons. The summed E-state index contributed by atoms with van der Waals surface area (Å²) in [4.78, 5) is 11.6. The highest BCUT2D eigenvalue weighted by Gasteiger charge is 2.16. The highest BCUT2D eigenvalue weighted by Crippen LogP contribution is 2.14. The molecule has 2 unspecified atom stereocenters. The van der Waals surface area contributed by atoms with Gasteiger partial charge in [0.25, 0.3) is 0 Å². The van der Waals surface area contributed by atoms with E-state index in [9.17, 15) is 4.79 Å². The Bertz CT molecular complexity index is 280. The maximum Gasteiger partial charge on any atom is 0.220 e. The maximum absolute atomic E-state index is 11.6. The molecule has 0 spiro atoms. The number of hydrogen-bond donors (Lipinski definition) is 2. The fourth-order valence-corrected chi connectivity index (χ4v) is 2.78. The minimum atomic E-state index is 0. The fraction of sp³-hybridized carbons (Fsp3) is 0.933. The predicted molar refractivity (Wildman–Crippen MR) is 84.9 cm³/mol. The number of ether oxygens (including phenoxy) is 2. The molecule has 2 heterocycles. The average molecular weight is 321 g/mol. The molecule has 2 N–H and O–H groups in total. The fourth-order valence-electron chi connectivity index (χ4n) is 2.78. The molecule has 5 nitrogen and oxygen atoms in total. The molecule has 2 fully saturated rings. The Morgan fingerprint density at radius 2 is 2.29 bits per heavy atom. The van der Waals surface area contributed by atoms with Gasteiger partial charge in [-0.05, 0) is 51.1 Å². The first-order valence-electron chi connectivity index (χ1n) is 8.01. The lowest BCUT2D eigenvalue weighted by atomic mass is 10.0. The van der Waals surface area contributed by atoms with Crippen LogP contribution in [0.3, 0.4) is 0 Å². The SMILES string of the molecule is Cl.O=C(CCC1CCNC1)NCCCOCC1CCCO1. The summed E-state index contributed by atoms with van der Waals surface area (Å²) >= 11 is 0. The summed E-state index contributed by atoms with van der Waals surface area (Å²) < 4.78 is 11.0. The van der Waals surface area contributed by atoms with Crippen LogP contribution in [0.1, 0.15) is 38.5 Å². The number of carbonyl (C=O) groups is 1. The van der Waals surface area contributed by atoms with Gasteiger partial charge >= 0.3 is 0 Å². The van der Waals surface area contributed by atoms with Gasteiger partial charge in [0.15, 0.2) is 0 Å². The van der Waals surface area contributed by atoms with Crippen molar-refractivity contribution in [2.24, 2.45) is 5.92 Å². The van der Waals surface area contributed by atoms with Gasteiger partial charge in [-0.15, -0.1) is 12.4 Å². The van der Waals surface area contributed by atoms with Crippen molar-refractivity contribution >= 4 is 18.3 Å². The Hall–Kier alpha value is -0.360. The van der Waals surface area contributed by atoms with E-state index in [-0.39, 0.29) is 18.3 Å². The Morgan fingerprint density at radius 3 is 3.00 bits per heavy atom. The molecule has 2 atom stereocenters. The lowest BCUT2D eigenvalue weighted by Gasteiger charge is -2.11. The minimum Gasteiger partial charge on any atom is -0.379 e. The molecular weight excluding hydrogens is 292 g/mol. The van der Waals surface area contributed by atoms with Crippen molar-refractivity contribution in [2.45, 2.75) is 44.6 Å². The van der Waals surface area contributed by atoms with E-state index >= 15 is 0 Å². The van der Waals surface area contributed by atoms with Gasteiger partial charge in [0.2, 0.25) is 5.91 Å². The molecule has 2 aliphatic heterocycles. The molecule has 2 saturated heterocycles. The van der Waals surface area contributed by atoms with Gasteiger partial charge in [-0.25, -0.2) is 0 Å². The highest BCUT2D eigenvalue weighted by molar-refractivity contribution is 5.85. The van der Waals surface area contributed by atoms with Crippen LogP contribution in [0.2, 0.25) is 0 Å². The first kappa shape index (κ1) is 18.7.